The molecule has 0 saturated heterocycles. The van der Waals surface area contributed by atoms with Crippen molar-refractivity contribution in [1.29, 1.82) is 0 Å². The minimum Gasteiger partial charge on any atom is -0.340 e. The van der Waals surface area contributed by atoms with Gasteiger partial charge >= 0.3 is 0 Å². The summed E-state index contributed by atoms with van der Waals surface area (Å²) < 4.78 is 25.9. The molecular formula is C18H24N2O3S. The Balaban J connectivity index is 1.83. The molecule has 1 aliphatic rings. The van der Waals surface area contributed by atoms with E-state index in [1.54, 1.807) is 11.9 Å². The Kier molecular flexibility index (Phi) is 4.42. The summed E-state index contributed by atoms with van der Waals surface area (Å²) in [5.74, 6) is -0.0417. The molecular weight excluding hydrogens is 324 g/mol. The van der Waals surface area contributed by atoms with Crippen molar-refractivity contribution < 1.29 is 13.2 Å². The van der Waals surface area contributed by atoms with Crippen LogP contribution in [0.3, 0.4) is 0 Å². The first kappa shape index (κ1) is 17.0. The number of hydrogen-bond acceptors (Lipinski definition) is 3. The smallest absolute Gasteiger partial charge is 0.242 e. The van der Waals surface area contributed by atoms with Crippen molar-refractivity contribution in [3.63, 3.8) is 0 Å². The van der Waals surface area contributed by atoms with E-state index >= 15 is 0 Å². The van der Waals surface area contributed by atoms with Crippen LogP contribution in [0.2, 0.25) is 0 Å². The molecule has 130 valence electrons. The van der Waals surface area contributed by atoms with Gasteiger partial charge in [-0.15, -0.1) is 0 Å². The normalized spacial score (nSPS) is 21.3. The molecule has 2 atom stereocenters. The molecule has 0 bridgehead atoms. The van der Waals surface area contributed by atoms with Gasteiger partial charge in [-0.25, -0.2) is 8.42 Å². The average molecular weight is 348 g/mol. The summed E-state index contributed by atoms with van der Waals surface area (Å²) >= 11 is 0. The molecule has 1 saturated carbocycles. The van der Waals surface area contributed by atoms with Crippen LogP contribution in [-0.2, 0) is 21.2 Å². The van der Waals surface area contributed by atoms with Crippen molar-refractivity contribution in [2.45, 2.75) is 44.0 Å². The first-order valence-electron chi connectivity index (χ1n) is 8.28. The quantitative estimate of drug-likeness (QED) is 0.852. The summed E-state index contributed by atoms with van der Waals surface area (Å²) in [7, 11) is -1.40. The molecule has 0 unspecified atom stereocenters. The number of aryl methyl sites for hydroxylation is 1. The predicted molar refractivity (Wildman–Crippen MR) is 95.7 cm³/mol. The van der Waals surface area contributed by atoms with Gasteiger partial charge in [-0.3, -0.25) is 4.79 Å². The van der Waals surface area contributed by atoms with Gasteiger partial charge in [0.25, 0.3) is 0 Å². The summed E-state index contributed by atoms with van der Waals surface area (Å²) in [6.45, 7) is 2.23. The highest BCUT2D eigenvalue weighted by Crippen LogP contribution is 2.29. The van der Waals surface area contributed by atoms with Crippen molar-refractivity contribution in [3.8, 4) is 0 Å². The lowest BCUT2D eigenvalue weighted by molar-refractivity contribution is -0.132. The second-order valence-corrected chi connectivity index (χ2v) is 9.07. The number of hydrogen-bond donors (Lipinski definition) is 0. The number of fused-ring (bicyclic) bond motifs is 1. The highest BCUT2D eigenvalue weighted by Gasteiger charge is 2.38. The molecule has 3 rings (SSSR count). The van der Waals surface area contributed by atoms with E-state index in [2.05, 4.69) is 6.07 Å². The highest BCUT2D eigenvalue weighted by molar-refractivity contribution is 7.91. The second kappa shape index (κ2) is 6.24. The number of likely N-dealkylation sites (N-methyl/N-ethyl adjacent to an activating group) is 1. The van der Waals surface area contributed by atoms with E-state index in [0.29, 0.717) is 6.42 Å². The summed E-state index contributed by atoms with van der Waals surface area (Å²) in [6, 6.07) is 9.83. The Bertz CT molecular complexity index is 870. The summed E-state index contributed by atoms with van der Waals surface area (Å²) in [5.41, 5.74) is 2.06. The highest BCUT2D eigenvalue weighted by atomic mass is 32.2. The molecule has 1 amide bonds. The molecule has 1 aromatic heterocycles. The predicted octanol–water partition coefficient (Wildman–Crippen LogP) is 2.37. The van der Waals surface area contributed by atoms with E-state index in [1.165, 1.54) is 6.26 Å². The van der Waals surface area contributed by atoms with E-state index in [9.17, 15) is 13.2 Å². The molecule has 24 heavy (non-hydrogen) atoms. The number of carbonyl (C=O) groups is 1. The first-order chi connectivity index (χ1) is 11.3. The molecule has 1 fully saturated rings. The SMILES string of the molecule is Cc1cc2ccccc2n1CC(=O)N(C)[C@@H]1CCC[C@@H]1S(C)(=O)=O. The van der Waals surface area contributed by atoms with Gasteiger partial charge in [0.15, 0.2) is 9.84 Å². The fourth-order valence-electron chi connectivity index (χ4n) is 3.84. The van der Waals surface area contributed by atoms with Gasteiger partial charge in [0.05, 0.1) is 5.25 Å². The van der Waals surface area contributed by atoms with E-state index in [4.69, 9.17) is 0 Å². The number of nitrogens with zero attached hydrogens (tertiary/aromatic N) is 2. The van der Waals surface area contributed by atoms with E-state index < -0.39 is 15.1 Å². The molecule has 1 heterocycles. The maximum atomic E-state index is 12.8. The van der Waals surface area contributed by atoms with Crippen molar-refractivity contribution in [2.75, 3.05) is 13.3 Å². The number of para-hydroxylation sites is 1. The van der Waals surface area contributed by atoms with Crippen LogP contribution in [-0.4, -0.2) is 48.4 Å². The van der Waals surface area contributed by atoms with Gasteiger partial charge in [0.2, 0.25) is 5.91 Å². The maximum Gasteiger partial charge on any atom is 0.242 e. The Morgan fingerprint density at radius 1 is 1.29 bits per heavy atom. The third-order valence-corrected chi connectivity index (χ3v) is 6.82. The van der Waals surface area contributed by atoms with E-state index in [0.717, 1.165) is 29.4 Å². The van der Waals surface area contributed by atoms with Crippen molar-refractivity contribution in [1.82, 2.24) is 9.47 Å². The van der Waals surface area contributed by atoms with Crippen molar-refractivity contribution in [2.24, 2.45) is 0 Å². The van der Waals surface area contributed by atoms with E-state index in [1.807, 2.05) is 35.8 Å². The van der Waals surface area contributed by atoms with Gasteiger partial charge in [0, 0.05) is 30.6 Å². The molecule has 0 radical (unpaired) electrons. The van der Waals surface area contributed by atoms with Crippen LogP contribution < -0.4 is 0 Å². The van der Waals surface area contributed by atoms with Gasteiger partial charge < -0.3 is 9.47 Å². The van der Waals surface area contributed by atoms with Gasteiger partial charge in [-0.2, -0.15) is 0 Å². The molecule has 0 N–H and O–H groups in total. The third kappa shape index (κ3) is 3.07. The first-order valence-corrected chi connectivity index (χ1v) is 10.2. The Hall–Kier alpha value is -1.82. The zero-order valence-electron chi connectivity index (χ0n) is 14.4. The maximum absolute atomic E-state index is 12.8. The largest absolute Gasteiger partial charge is 0.340 e. The topological polar surface area (TPSA) is 59.4 Å². The van der Waals surface area contributed by atoms with Crippen molar-refractivity contribution in [3.05, 3.63) is 36.0 Å². The molecule has 1 aromatic carbocycles. The molecule has 0 aliphatic heterocycles. The molecule has 2 aromatic rings. The minimum atomic E-state index is -3.14. The van der Waals surface area contributed by atoms with E-state index in [-0.39, 0.29) is 18.5 Å². The molecule has 6 heteroatoms. The molecule has 0 spiro atoms. The Morgan fingerprint density at radius 2 is 2.00 bits per heavy atom. The molecule has 1 aliphatic carbocycles. The minimum absolute atomic E-state index is 0.0417. The number of aromatic nitrogens is 1. The standard InChI is InChI=1S/C18H24N2O3S/c1-13-11-14-7-4-5-8-15(14)20(13)12-18(21)19(2)16-9-6-10-17(16)24(3,22)23/h4-5,7-8,11,16-17H,6,9-10,12H2,1-3H3/t16-,17+/m1/s1. The second-order valence-electron chi connectivity index (χ2n) is 6.80. The van der Waals surface area contributed by atoms with Gasteiger partial charge in [-0.1, -0.05) is 18.2 Å². The lowest BCUT2D eigenvalue weighted by atomic mass is 10.2. The number of benzene rings is 1. The fraction of sp³-hybridized carbons (Fsp3) is 0.500. The fourth-order valence-corrected chi connectivity index (χ4v) is 5.32. The van der Waals surface area contributed by atoms with Crippen LogP contribution >= 0.6 is 0 Å². The number of amides is 1. The number of sulfone groups is 1. The summed E-state index contributed by atoms with van der Waals surface area (Å²) in [6.07, 6.45) is 3.53. The zero-order valence-corrected chi connectivity index (χ0v) is 15.2. The Labute approximate surface area is 143 Å². The average Bonchev–Trinajstić information content (AvgIpc) is 3.12. The lowest BCUT2D eigenvalue weighted by Crippen LogP contribution is -2.45. The Morgan fingerprint density at radius 3 is 2.71 bits per heavy atom. The van der Waals surface area contributed by atoms with Crippen LogP contribution in [0.25, 0.3) is 10.9 Å². The van der Waals surface area contributed by atoms with Crippen LogP contribution in [0.4, 0.5) is 0 Å². The third-order valence-electron chi connectivity index (χ3n) is 5.17. The van der Waals surface area contributed by atoms with Gasteiger partial charge in [-0.05, 0) is 43.7 Å². The lowest BCUT2D eigenvalue weighted by Gasteiger charge is -2.29. The van der Waals surface area contributed by atoms with Crippen LogP contribution in [0, 0.1) is 6.92 Å². The summed E-state index contributed by atoms with van der Waals surface area (Å²) in [4.78, 5) is 14.4. The summed E-state index contributed by atoms with van der Waals surface area (Å²) in [5, 5.41) is 0.675. The monoisotopic (exact) mass is 348 g/mol. The zero-order chi connectivity index (χ0) is 17.5. The van der Waals surface area contributed by atoms with Gasteiger partial charge in [0.1, 0.15) is 6.54 Å². The van der Waals surface area contributed by atoms with Crippen LogP contribution in [0.5, 0.6) is 0 Å². The van der Waals surface area contributed by atoms with Crippen LogP contribution in [0.1, 0.15) is 25.0 Å². The van der Waals surface area contributed by atoms with Crippen LogP contribution in [0.15, 0.2) is 30.3 Å². The van der Waals surface area contributed by atoms with Crippen molar-refractivity contribution >= 4 is 26.6 Å². The number of rotatable bonds is 4. The molecule has 5 nitrogen and oxygen atoms in total. The number of carbonyl (C=O) groups excluding carboxylic acids is 1.